The number of nitrogens with one attached hydrogen (secondary N) is 1. The summed E-state index contributed by atoms with van der Waals surface area (Å²) in [5.74, 6) is -0.328. The third kappa shape index (κ3) is 2.91. The fraction of sp³-hybridized carbons (Fsp3) is 0.0625. The highest BCUT2D eigenvalue weighted by Gasteiger charge is 2.07. The van der Waals surface area contributed by atoms with Crippen molar-refractivity contribution in [3.8, 4) is 5.69 Å². The Morgan fingerprint density at radius 1 is 1.05 bits per heavy atom. The monoisotopic (exact) mass is 285 g/mol. The maximum Gasteiger partial charge on any atom is 0.207 e. The minimum atomic E-state index is -0.459. The number of imidazole rings is 1. The summed E-state index contributed by atoms with van der Waals surface area (Å²) in [5, 5.41) is 3.02. The molecule has 0 aliphatic rings. The number of halogens is 2. The largest absolute Gasteiger partial charge is 0.351 e. The molecule has 0 bridgehead atoms. The van der Waals surface area contributed by atoms with Crippen molar-refractivity contribution in [3.05, 3.63) is 78.1 Å². The highest BCUT2D eigenvalue weighted by Crippen LogP contribution is 2.16. The van der Waals surface area contributed by atoms with Gasteiger partial charge in [0.1, 0.15) is 11.6 Å². The number of benzene rings is 2. The van der Waals surface area contributed by atoms with Gasteiger partial charge in [0, 0.05) is 30.2 Å². The van der Waals surface area contributed by atoms with Gasteiger partial charge in [-0.05, 0) is 30.3 Å². The van der Waals surface area contributed by atoms with Crippen molar-refractivity contribution in [1.29, 1.82) is 0 Å². The van der Waals surface area contributed by atoms with Crippen LogP contribution in [-0.4, -0.2) is 9.55 Å². The van der Waals surface area contributed by atoms with Gasteiger partial charge < -0.3 is 5.32 Å². The molecular weight excluding hydrogens is 272 g/mol. The van der Waals surface area contributed by atoms with E-state index in [2.05, 4.69) is 10.3 Å². The van der Waals surface area contributed by atoms with E-state index < -0.39 is 11.6 Å². The van der Waals surface area contributed by atoms with Crippen molar-refractivity contribution in [2.24, 2.45) is 0 Å². The van der Waals surface area contributed by atoms with E-state index in [1.165, 1.54) is 6.07 Å². The summed E-state index contributed by atoms with van der Waals surface area (Å²) in [4.78, 5) is 4.20. The van der Waals surface area contributed by atoms with Crippen LogP contribution >= 0.6 is 0 Å². The van der Waals surface area contributed by atoms with Crippen LogP contribution in [0.4, 0.5) is 14.7 Å². The molecule has 0 saturated carbocycles. The topological polar surface area (TPSA) is 29.9 Å². The standard InChI is InChI=1S/C16H13F2N3/c17-13-6-7-15(18)12(10-13)11-20-16-19-8-9-21(16)14-4-2-1-3-5-14/h1-10H,11H2,(H,19,20). The molecule has 0 aliphatic carbocycles. The summed E-state index contributed by atoms with van der Waals surface area (Å²) in [7, 11) is 0. The fourth-order valence-electron chi connectivity index (χ4n) is 2.08. The molecule has 1 N–H and O–H groups in total. The van der Waals surface area contributed by atoms with Crippen LogP contribution < -0.4 is 5.32 Å². The second kappa shape index (κ2) is 5.75. The first kappa shape index (κ1) is 13.3. The SMILES string of the molecule is Fc1ccc(F)c(CNc2nccn2-c2ccccc2)c1. The molecule has 0 saturated heterocycles. The molecule has 3 rings (SSSR count). The van der Waals surface area contributed by atoms with Gasteiger partial charge >= 0.3 is 0 Å². The summed E-state index contributed by atoms with van der Waals surface area (Å²) in [5.41, 5.74) is 1.20. The van der Waals surface area contributed by atoms with Crippen molar-refractivity contribution >= 4 is 5.95 Å². The average Bonchev–Trinajstić information content (AvgIpc) is 2.97. The number of nitrogens with zero attached hydrogens (tertiary/aromatic N) is 2. The Labute approximate surface area is 120 Å². The Morgan fingerprint density at radius 3 is 2.67 bits per heavy atom. The van der Waals surface area contributed by atoms with Crippen LogP contribution in [0.15, 0.2) is 60.9 Å². The van der Waals surface area contributed by atoms with Crippen LogP contribution in [0.5, 0.6) is 0 Å². The van der Waals surface area contributed by atoms with Crippen molar-refractivity contribution in [2.45, 2.75) is 6.54 Å². The molecular formula is C16H13F2N3. The molecule has 0 spiro atoms. The van der Waals surface area contributed by atoms with Crippen LogP contribution in [0, 0.1) is 11.6 Å². The van der Waals surface area contributed by atoms with Crippen molar-refractivity contribution in [1.82, 2.24) is 9.55 Å². The maximum atomic E-state index is 13.6. The van der Waals surface area contributed by atoms with Gasteiger partial charge in [-0.25, -0.2) is 13.8 Å². The van der Waals surface area contributed by atoms with Gasteiger partial charge in [-0.3, -0.25) is 4.57 Å². The molecule has 0 amide bonds. The van der Waals surface area contributed by atoms with Crippen molar-refractivity contribution in [3.63, 3.8) is 0 Å². The zero-order valence-corrected chi connectivity index (χ0v) is 11.1. The first-order chi connectivity index (χ1) is 10.2. The minimum Gasteiger partial charge on any atom is -0.351 e. The van der Waals surface area contributed by atoms with Gasteiger partial charge in [0.05, 0.1) is 0 Å². The van der Waals surface area contributed by atoms with Crippen LogP contribution in [0.25, 0.3) is 5.69 Å². The van der Waals surface area contributed by atoms with Gasteiger partial charge in [-0.15, -0.1) is 0 Å². The molecule has 5 heteroatoms. The second-order valence-corrected chi connectivity index (χ2v) is 4.55. The Kier molecular flexibility index (Phi) is 3.64. The molecule has 0 aliphatic heterocycles. The Balaban J connectivity index is 1.81. The molecule has 0 atom stereocenters. The first-order valence-corrected chi connectivity index (χ1v) is 6.50. The summed E-state index contributed by atoms with van der Waals surface area (Å²) in [6.45, 7) is 0.160. The molecule has 3 nitrogen and oxygen atoms in total. The quantitative estimate of drug-likeness (QED) is 0.791. The number of hydrogen-bond donors (Lipinski definition) is 1. The van der Waals surface area contributed by atoms with E-state index in [1.807, 2.05) is 34.9 Å². The highest BCUT2D eigenvalue weighted by molar-refractivity contribution is 5.42. The lowest BCUT2D eigenvalue weighted by atomic mass is 10.2. The predicted octanol–water partition coefficient (Wildman–Crippen LogP) is 3.76. The molecule has 106 valence electrons. The van der Waals surface area contributed by atoms with Gasteiger partial charge in [0.2, 0.25) is 5.95 Å². The van der Waals surface area contributed by atoms with Gasteiger partial charge in [0.25, 0.3) is 0 Å². The Bertz CT molecular complexity index is 738. The summed E-state index contributed by atoms with van der Waals surface area (Å²) in [6.07, 6.45) is 3.46. The Morgan fingerprint density at radius 2 is 1.86 bits per heavy atom. The highest BCUT2D eigenvalue weighted by atomic mass is 19.1. The van der Waals surface area contributed by atoms with Crippen molar-refractivity contribution in [2.75, 3.05) is 5.32 Å². The fourth-order valence-corrected chi connectivity index (χ4v) is 2.08. The van der Waals surface area contributed by atoms with Gasteiger partial charge in [-0.1, -0.05) is 18.2 Å². The maximum absolute atomic E-state index is 13.6. The third-order valence-corrected chi connectivity index (χ3v) is 3.12. The average molecular weight is 285 g/mol. The van der Waals surface area contributed by atoms with Crippen LogP contribution in [-0.2, 0) is 6.54 Å². The van der Waals surface area contributed by atoms with E-state index in [9.17, 15) is 8.78 Å². The lowest BCUT2D eigenvalue weighted by Gasteiger charge is -2.10. The van der Waals surface area contributed by atoms with E-state index >= 15 is 0 Å². The normalized spacial score (nSPS) is 10.6. The molecule has 0 fully saturated rings. The van der Waals surface area contributed by atoms with Crippen molar-refractivity contribution < 1.29 is 8.78 Å². The van der Waals surface area contributed by atoms with E-state index in [4.69, 9.17) is 0 Å². The van der Waals surface area contributed by atoms with E-state index in [0.717, 1.165) is 17.8 Å². The molecule has 3 aromatic rings. The second-order valence-electron chi connectivity index (χ2n) is 4.55. The van der Waals surface area contributed by atoms with Gasteiger partial charge in [0.15, 0.2) is 0 Å². The zero-order chi connectivity index (χ0) is 14.7. The molecule has 0 radical (unpaired) electrons. The predicted molar refractivity (Wildman–Crippen MR) is 77.2 cm³/mol. The molecule has 0 unspecified atom stereocenters. The van der Waals surface area contributed by atoms with Crippen LogP contribution in [0.1, 0.15) is 5.56 Å². The summed E-state index contributed by atoms with van der Waals surface area (Å²) in [6, 6.07) is 13.1. The molecule has 2 aromatic carbocycles. The smallest absolute Gasteiger partial charge is 0.207 e. The minimum absolute atomic E-state index is 0.160. The number of hydrogen-bond acceptors (Lipinski definition) is 2. The summed E-state index contributed by atoms with van der Waals surface area (Å²) >= 11 is 0. The first-order valence-electron chi connectivity index (χ1n) is 6.50. The number of rotatable bonds is 4. The van der Waals surface area contributed by atoms with E-state index in [0.29, 0.717) is 5.95 Å². The third-order valence-electron chi connectivity index (χ3n) is 3.12. The number of anilines is 1. The van der Waals surface area contributed by atoms with E-state index in [1.54, 1.807) is 12.4 Å². The lowest BCUT2D eigenvalue weighted by Crippen LogP contribution is -2.07. The molecule has 1 heterocycles. The number of para-hydroxylation sites is 1. The van der Waals surface area contributed by atoms with Crippen LogP contribution in [0.2, 0.25) is 0 Å². The number of aromatic nitrogens is 2. The summed E-state index contributed by atoms with van der Waals surface area (Å²) < 4.78 is 28.6. The van der Waals surface area contributed by atoms with Crippen LogP contribution in [0.3, 0.4) is 0 Å². The van der Waals surface area contributed by atoms with Gasteiger partial charge in [-0.2, -0.15) is 0 Å². The Hall–Kier alpha value is -2.69. The lowest BCUT2D eigenvalue weighted by molar-refractivity contribution is 0.587. The molecule has 1 aromatic heterocycles. The van der Waals surface area contributed by atoms with E-state index in [-0.39, 0.29) is 12.1 Å². The molecule has 21 heavy (non-hydrogen) atoms. The zero-order valence-electron chi connectivity index (χ0n) is 11.1.